The molecular weight excluding hydrogens is 444 g/mol. The van der Waals surface area contributed by atoms with Crippen LogP contribution < -0.4 is 0 Å². The molecule has 0 bridgehead atoms. The van der Waals surface area contributed by atoms with Crippen LogP contribution in [-0.2, 0) is 14.3 Å². The zero-order valence-electron chi connectivity index (χ0n) is 20.2. The summed E-state index contributed by atoms with van der Waals surface area (Å²) in [5, 5.41) is 30.2. The molecule has 34 heavy (non-hydrogen) atoms. The lowest BCUT2D eigenvalue weighted by Gasteiger charge is -2.36. The van der Waals surface area contributed by atoms with E-state index in [0.29, 0.717) is 18.4 Å². The Morgan fingerprint density at radius 3 is 2.21 bits per heavy atom. The summed E-state index contributed by atoms with van der Waals surface area (Å²) in [5.41, 5.74) is 1.10. The van der Waals surface area contributed by atoms with Crippen LogP contribution in [0.1, 0.15) is 66.9 Å². The van der Waals surface area contributed by atoms with Gasteiger partial charge in [0, 0.05) is 24.9 Å². The lowest BCUT2D eigenvalue weighted by molar-refractivity contribution is -0.385. The highest BCUT2D eigenvalue weighted by Gasteiger charge is 2.38. The molecule has 4 atom stereocenters. The lowest BCUT2D eigenvalue weighted by Crippen LogP contribution is -2.51. The number of carbonyl (C=O) groups excluding carboxylic acids is 3. The van der Waals surface area contributed by atoms with Gasteiger partial charge >= 0.3 is 5.97 Å². The molecule has 1 heterocycles. The van der Waals surface area contributed by atoms with E-state index in [4.69, 9.17) is 4.74 Å². The van der Waals surface area contributed by atoms with E-state index < -0.39 is 28.9 Å². The maximum Gasteiger partial charge on any atom is 0.328 e. The number of nitrogens with zero attached hydrogens (tertiary/aromatic N) is 2. The number of Topliss-reactive ketones (excluding diaryl/α,β-unsaturated/α-hetero) is 1. The van der Waals surface area contributed by atoms with Crippen molar-refractivity contribution in [1.29, 1.82) is 0 Å². The van der Waals surface area contributed by atoms with Crippen LogP contribution >= 0.6 is 0 Å². The maximum atomic E-state index is 12.9. The topological polar surface area (TPSA) is 147 Å². The summed E-state index contributed by atoms with van der Waals surface area (Å²) in [6.45, 7) is 5.23. The molecule has 2 aliphatic rings. The zero-order valence-corrected chi connectivity index (χ0v) is 20.2. The third-order valence-electron chi connectivity index (χ3n) is 6.57. The van der Waals surface area contributed by atoms with Gasteiger partial charge in [-0.25, -0.2) is 4.79 Å². The van der Waals surface area contributed by atoms with Crippen molar-refractivity contribution in [2.45, 2.75) is 77.5 Å². The summed E-state index contributed by atoms with van der Waals surface area (Å²) < 4.78 is 4.70. The number of aliphatic hydroxyl groups is 2. The van der Waals surface area contributed by atoms with E-state index in [9.17, 15) is 34.7 Å². The molecule has 3 rings (SSSR count). The highest BCUT2D eigenvalue weighted by Crippen LogP contribution is 2.28. The molecule has 1 aliphatic carbocycles. The van der Waals surface area contributed by atoms with E-state index >= 15 is 0 Å². The van der Waals surface area contributed by atoms with E-state index in [-0.39, 0.29) is 42.0 Å². The molecule has 1 aromatic rings. The number of amides is 1. The van der Waals surface area contributed by atoms with Crippen molar-refractivity contribution in [3.8, 4) is 0 Å². The standard InChI is InChI=1S/C16H20N2O6.C8H14O2/c1-9-6-12(13(18(22)23)7-10(9)2)15(20)17-5-4-11(19)8-14(17)16(21)24-3;1-6(9)7-3-2-4-8(10)5-7/h6-7,11,14,19H,4-5,8H2,1-3H3;7-8,10H,2-5H2,1H3/t11-,14+;7-,8+/m10/s1. The number of methoxy groups -OCH3 is 1. The average molecular weight is 479 g/mol. The molecule has 188 valence electrons. The second kappa shape index (κ2) is 12.0. The number of benzene rings is 1. The van der Waals surface area contributed by atoms with Crippen LogP contribution in [0.4, 0.5) is 5.69 Å². The van der Waals surface area contributed by atoms with Gasteiger partial charge in [0.25, 0.3) is 11.6 Å². The number of aryl methyl sites for hydroxylation is 2. The Morgan fingerprint density at radius 2 is 1.68 bits per heavy atom. The Balaban J connectivity index is 0.000000340. The van der Waals surface area contributed by atoms with E-state index in [1.54, 1.807) is 20.8 Å². The third-order valence-corrected chi connectivity index (χ3v) is 6.57. The normalized spacial score (nSPS) is 24.5. The minimum Gasteiger partial charge on any atom is -0.467 e. The largest absolute Gasteiger partial charge is 0.467 e. The molecule has 10 nitrogen and oxygen atoms in total. The van der Waals surface area contributed by atoms with Crippen molar-refractivity contribution in [2.75, 3.05) is 13.7 Å². The molecule has 1 aromatic carbocycles. The Hall–Kier alpha value is -2.85. The summed E-state index contributed by atoms with van der Waals surface area (Å²) >= 11 is 0. The average Bonchev–Trinajstić information content (AvgIpc) is 2.79. The zero-order chi connectivity index (χ0) is 25.6. The highest BCUT2D eigenvalue weighted by molar-refractivity contribution is 6.00. The van der Waals surface area contributed by atoms with E-state index in [1.807, 2.05) is 0 Å². The summed E-state index contributed by atoms with van der Waals surface area (Å²) in [4.78, 5) is 47.6. The van der Waals surface area contributed by atoms with Crippen molar-refractivity contribution < 1.29 is 34.3 Å². The van der Waals surface area contributed by atoms with Gasteiger partial charge in [0.2, 0.25) is 0 Å². The number of piperidine rings is 1. The molecule has 0 radical (unpaired) electrons. The number of ether oxygens (including phenoxy) is 1. The molecule has 1 saturated heterocycles. The number of esters is 1. The molecule has 1 amide bonds. The number of hydrogen-bond acceptors (Lipinski definition) is 8. The van der Waals surface area contributed by atoms with Gasteiger partial charge in [-0.2, -0.15) is 0 Å². The number of likely N-dealkylation sites (tertiary alicyclic amines) is 1. The first-order valence-corrected chi connectivity index (χ1v) is 11.5. The molecule has 1 saturated carbocycles. The van der Waals surface area contributed by atoms with Gasteiger partial charge in [0.05, 0.1) is 24.2 Å². The second-order valence-electron chi connectivity index (χ2n) is 9.05. The highest BCUT2D eigenvalue weighted by atomic mass is 16.6. The van der Waals surface area contributed by atoms with Crippen LogP contribution in [0.3, 0.4) is 0 Å². The van der Waals surface area contributed by atoms with Gasteiger partial charge in [-0.3, -0.25) is 19.7 Å². The first kappa shape index (κ1) is 27.4. The maximum absolute atomic E-state index is 12.9. The van der Waals surface area contributed by atoms with Crippen LogP contribution in [0.5, 0.6) is 0 Å². The first-order valence-electron chi connectivity index (χ1n) is 11.5. The number of nitro groups is 1. The van der Waals surface area contributed by atoms with Gasteiger partial charge in [-0.05, 0) is 63.6 Å². The van der Waals surface area contributed by atoms with E-state index in [0.717, 1.165) is 24.8 Å². The number of ketones is 1. The smallest absolute Gasteiger partial charge is 0.328 e. The Morgan fingerprint density at radius 1 is 1.06 bits per heavy atom. The SMILES string of the molecule is CC(=O)[C@H]1CCC[C@@H](O)C1.COC(=O)[C@@H]1C[C@H](O)CCN1C(=O)c1cc(C)c(C)cc1[N+](=O)[O-]. The number of nitro benzene ring substituents is 1. The quantitative estimate of drug-likeness (QED) is 0.381. The first-order chi connectivity index (χ1) is 16.0. The Kier molecular flexibility index (Phi) is 9.69. The van der Waals surface area contributed by atoms with Crippen molar-refractivity contribution in [3.63, 3.8) is 0 Å². The van der Waals surface area contributed by atoms with Crippen molar-refractivity contribution in [1.82, 2.24) is 4.90 Å². The fourth-order valence-electron chi connectivity index (χ4n) is 4.36. The summed E-state index contributed by atoms with van der Waals surface area (Å²) in [6.07, 6.45) is 2.97. The van der Waals surface area contributed by atoms with E-state index in [2.05, 4.69) is 0 Å². The molecule has 0 spiro atoms. The van der Waals surface area contributed by atoms with Crippen LogP contribution in [-0.4, -0.2) is 69.6 Å². The molecule has 2 N–H and O–H groups in total. The summed E-state index contributed by atoms with van der Waals surface area (Å²) in [6, 6.07) is 1.87. The van der Waals surface area contributed by atoms with Gasteiger partial charge in [-0.1, -0.05) is 6.42 Å². The summed E-state index contributed by atoms with van der Waals surface area (Å²) in [5.74, 6) is -0.872. The van der Waals surface area contributed by atoms with Gasteiger partial charge in [0.15, 0.2) is 0 Å². The molecule has 0 aromatic heterocycles. The molecular formula is C24H34N2O8. The predicted octanol–water partition coefficient (Wildman–Crippen LogP) is 2.48. The minimum absolute atomic E-state index is 0.0526. The fraction of sp³-hybridized carbons (Fsp3) is 0.625. The molecule has 2 fully saturated rings. The third kappa shape index (κ3) is 6.83. The van der Waals surface area contributed by atoms with Gasteiger partial charge < -0.3 is 19.8 Å². The monoisotopic (exact) mass is 478 g/mol. The number of rotatable bonds is 4. The van der Waals surface area contributed by atoms with Crippen molar-refractivity contribution in [3.05, 3.63) is 38.9 Å². The Labute approximate surface area is 199 Å². The van der Waals surface area contributed by atoms with Crippen LogP contribution in [0.25, 0.3) is 0 Å². The van der Waals surface area contributed by atoms with Crippen molar-refractivity contribution in [2.24, 2.45) is 5.92 Å². The lowest BCUT2D eigenvalue weighted by atomic mass is 9.85. The Bertz CT molecular complexity index is 932. The van der Waals surface area contributed by atoms with Gasteiger partial charge in [-0.15, -0.1) is 0 Å². The number of hydrogen-bond donors (Lipinski definition) is 2. The van der Waals surface area contributed by atoms with Crippen LogP contribution in [0.15, 0.2) is 12.1 Å². The second-order valence-corrected chi connectivity index (χ2v) is 9.05. The fourth-order valence-corrected chi connectivity index (χ4v) is 4.36. The van der Waals surface area contributed by atoms with E-state index in [1.165, 1.54) is 24.1 Å². The molecule has 0 unspecified atom stereocenters. The minimum atomic E-state index is -0.951. The predicted molar refractivity (Wildman–Crippen MR) is 123 cm³/mol. The molecule has 10 heteroatoms. The van der Waals surface area contributed by atoms with Gasteiger partial charge in [0.1, 0.15) is 17.4 Å². The van der Waals surface area contributed by atoms with Crippen LogP contribution in [0.2, 0.25) is 0 Å². The summed E-state index contributed by atoms with van der Waals surface area (Å²) in [7, 11) is 1.20. The molecule has 1 aliphatic heterocycles. The number of carbonyl (C=O) groups is 3. The van der Waals surface area contributed by atoms with Crippen LogP contribution in [0, 0.1) is 29.9 Å². The van der Waals surface area contributed by atoms with Crippen molar-refractivity contribution >= 4 is 23.3 Å². The number of aliphatic hydroxyl groups excluding tert-OH is 2.